The number of piperazine rings is 1. The predicted octanol–water partition coefficient (Wildman–Crippen LogP) is 2.92. The Bertz CT molecular complexity index is 784. The molecule has 5 nitrogen and oxygen atoms in total. The summed E-state index contributed by atoms with van der Waals surface area (Å²) in [6, 6.07) is 4.17. The first-order chi connectivity index (χ1) is 12.6. The van der Waals surface area contributed by atoms with Crippen molar-refractivity contribution in [3.63, 3.8) is 0 Å². The molecule has 0 N–H and O–H groups in total. The second-order valence-corrected chi connectivity index (χ2v) is 7.64. The minimum Gasteiger partial charge on any atom is -0.464 e. The SMILES string of the molecule is Cc1ccc2c(CC(=O)N3CCN(CC4CCCO4)CC3)coc2c1C. The van der Waals surface area contributed by atoms with Crippen molar-refractivity contribution >= 4 is 16.9 Å². The van der Waals surface area contributed by atoms with E-state index in [9.17, 15) is 4.79 Å². The molecule has 2 aromatic rings. The smallest absolute Gasteiger partial charge is 0.227 e. The molecule has 5 heteroatoms. The van der Waals surface area contributed by atoms with Gasteiger partial charge in [-0.05, 0) is 37.8 Å². The van der Waals surface area contributed by atoms with E-state index in [0.29, 0.717) is 12.5 Å². The summed E-state index contributed by atoms with van der Waals surface area (Å²) in [5, 5.41) is 1.07. The molecule has 0 saturated carbocycles. The number of ether oxygens (including phenoxy) is 1. The molecule has 4 rings (SSSR count). The lowest BCUT2D eigenvalue weighted by Gasteiger charge is -2.35. The van der Waals surface area contributed by atoms with Crippen molar-refractivity contribution < 1.29 is 13.9 Å². The van der Waals surface area contributed by atoms with Crippen LogP contribution in [0.2, 0.25) is 0 Å². The van der Waals surface area contributed by atoms with Crippen LogP contribution in [0.5, 0.6) is 0 Å². The molecular weight excluding hydrogens is 328 g/mol. The van der Waals surface area contributed by atoms with E-state index in [1.807, 2.05) is 4.90 Å². The maximum Gasteiger partial charge on any atom is 0.227 e. The molecule has 1 amide bonds. The van der Waals surface area contributed by atoms with Crippen LogP contribution in [-0.2, 0) is 16.0 Å². The average molecular weight is 356 g/mol. The molecule has 2 saturated heterocycles. The Morgan fingerprint density at radius 1 is 1.19 bits per heavy atom. The molecule has 1 aromatic heterocycles. The Kier molecular flexibility index (Phi) is 5.00. The highest BCUT2D eigenvalue weighted by Crippen LogP contribution is 2.27. The van der Waals surface area contributed by atoms with Gasteiger partial charge in [-0.2, -0.15) is 0 Å². The first kappa shape index (κ1) is 17.6. The van der Waals surface area contributed by atoms with Crippen LogP contribution in [0, 0.1) is 13.8 Å². The first-order valence-electron chi connectivity index (χ1n) is 9.70. The maximum absolute atomic E-state index is 12.8. The molecule has 2 aliphatic rings. The number of carbonyl (C=O) groups excluding carboxylic acids is 1. The molecule has 3 heterocycles. The van der Waals surface area contributed by atoms with E-state index in [2.05, 4.69) is 30.9 Å². The highest BCUT2D eigenvalue weighted by atomic mass is 16.5. The van der Waals surface area contributed by atoms with Crippen LogP contribution in [0.4, 0.5) is 0 Å². The Balaban J connectivity index is 1.35. The second-order valence-electron chi connectivity index (χ2n) is 7.64. The van der Waals surface area contributed by atoms with Crippen LogP contribution in [0.25, 0.3) is 11.0 Å². The lowest BCUT2D eigenvalue weighted by Crippen LogP contribution is -2.50. The van der Waals surface area contributed by atoms with Crippen LogP contribution in [0.1, 0.15) is 29.5 Å². The van der Waals surface area contributed by atoms with Crippen molar-refractivity contribution in [1.82, 2.24) is 9.80 Å². The van der Waals surface area contributed by atoms with Gasteiger partial charge in [0.05, 0.1) is 18.8 Å². The third-order valence-corrected chi connectivity index (χ3v) is 5.89. The minimum atomic E-state index is 0.197. The lowest BCUT2D eigenvalue weighted by molar-refractivity contribution is -0.132. The second kappa shape index (κ2) is 7.41. The van der Waals surface area contributed by atoms with Gasteiger partial charge >= 0.3 is 0 Å². The average Bonchev–Trinajstić information content (AvgIpc) is 3.29. The summed E-state index contributed by atoms with van der Waals surface area (Å²) >= 11 is 0. The summed E-state index contributed by atoms with van der Waals surface area (Å²) in [6.07, 6.45) is 4.91. The van der Waals surface area contributed by atoms with E-state index in [1.165, 1.54) is 18.4 Å². The predicted molar refractivity (Wildman–Crippen MR) is 101 cm³/mol. The normalized spacial score (nSPS) is 21.6. The molecule has 2 aliphatic heterocycles. The fraction of sp³-hybridized carbons (Fsp3) is 0.571. The number of aryl methyl sites for hydroxylation is 2. The molecular formula is C21H28N2O3. The summed E-state index contributed by atoms with van der Waals surface area (Å²) in [5.74, 6) is 0.197. The summed E-state index contributed by atoms with van der Waals surface area (Å²) in [5.41, 5.74) is 4.28. The Morgan fingerprint density at radius 2 is 2.00 bits per heavy atom. The third kappa shape index (κ3) is 3.51. The number of hydrogen-bond acceptors (Lipinski definition) is 4. The maximum atomic E-state index is 12.8. The molecule has 0 aliphatic carbocycles. The summed E-state index contributed by atoms with van der Waals surface area (Å²) in [6.45, 7) is 9.55. The van der Waals surface area contributed by atoms with Gasteiger partial charge in [0.25, 0.3) is 0 Å². The Hall–Kier alpha value is -1.85. The van der Waals surface area contributed by atoms with E-state index >= 15 is 0 Å². The number of benzene rings is 1. The molecule has 2 fully saturated rings. The number of fused-ring (bicyclic) bond motifs is 1. The molecule has 1 atom stereocenters. The van der Waals surface area contributed by atoms with Crippen LogP contribution < -0.4 is 0 Å². The van der Waals surface area contributed by atoms with Crippen LogP contribution in [0.3, 0.4) is 0 Å². The van der Waals surface area contributed by atoms with Gasteiger partial charge in [0.2, 0.25) is 5.91 Å². The largest absolute Gasteiger partial charge is 0.464 e. The van der Waals surface area contributed by atoms with E-state index in [1.54, 1.807) is 6.26 Å². The molecule has 0 bridgehead atoms. The quantitative estimate of drug-likeness (QED) is 0.845. The standard InChI is InChI=1S/C21H28N2O3/c1-15-5-6-19-17(14-26-21(19)16(15)2)12-20(24)23-9-7-22(8-10-23)13-18-4-3-11-25-18/h5-6,14,18H,3-4,7-13H2,1-2H3. The van der Waals surface area contributed by atoms with Crippen molar-refractivity contribution in [3.8, 4) is 0 Å². The van der Waals surface area contributed by atoms with E-state index < -0.39 is 0 Å². The van der Waals surface area contributed by atoms with Gasteiger partial charge in [0, 0.05) is 50.3 Å². The number of hydrogen-bond donors (Lipinski definition) is 0. The van der Waals surface area contributed by atoms with Crippen LogP contribution >= 0.6 is 0 Å². The monoisotopic (exact) mass is 356 g/mol. The number of carbonyl (C=O) groups is 1. The molecule has 0 spiro atoms. The van der Waals surface area contributed by atoms with Gasteiger partial charge in [-0.1, -0.05) is 12.1 Å². The van der Waals surface area contributed by atoms with Gasteiger partial charge in [-0.15, -0.1) is 0 Å². The lowest BCUT2D eigenvalue weighted by atomic mass is 10.0. The number of nitrogens with zero attached hydrogens (tertiary/aromatic N) is 2. The first-order valence-corrected chi connectivity index (χ1v) is 9.70. The van der Waals surface area contributed by atoms with Gasteiger partial charge in [-0.3, -0.25) is 9.69 Å². The van der Waals surface area contributed by atoms with Crippen molar-refractivity contribution in [2.45, 2.75) is 39.2 Å². The van der Waals surface area contributed by atoms with E-state index in [4.69, 9.17) is 9.15 Å². The third-order valence-electron chi connectivity index (χ3n) is 5.89. The number of amides is 1. The van der Waals surface area contributed by atoms with Crippen molar-refractivity contribution in [2.75, 3.05) is 39.3 Å². The number of rotatable bonds is 4. The topological polar surface area (TPSA) is 45.9 Å². The number of furan rings is 1. The van der Waals surface area contributed by atoms with E-state index in [0.717, 1.165) is 61.4 Å². The fourth-order valence-corrected chi connectivity index (χ4v) is 4.06. The van der Waals surface area contributed by atoms with Gasteiger partial charge in [0.15, 0.2) is 0 Å². The molecule has 1 unspecified atom stereocenters. The molecule has 140 valence electrons. The van der Waals surface area contributed by atoms with Crippen molar-refractivity contribution in [2.24, 2.45) is 0 Å². The van der Waals surface area contributed by atoms with E-state index in [-0.39, 0.29) is 5.91 Å². The summed E-state index contributed by atoms with van der Waals surface area (Å²) in [4.78, 5) is 17.2. The Morgan fingerprint density at radius 3 is 2.73 bits per heavy atom. The van der Waals surface area contributed by atoms with Crippen LogP contribution in [-0.4, -0.2) is 61.1 Å². The molecule has 0 radical (unpaired) electrons. The van der Waals surface area contributed by atoms with Crippen molar-refractivity contribution in [1.29, 1.82) is 0 Å². The summed E-state index contributed by atoms with van der Waals surface area (Å²) < 4.78 is 11.5. The zero-order valence-electron chi connectivity index (χ0n) is 15.8. The van der Waals surface area contributed by atoms with Crippen LogP contribution in [0.15, 0.2) is 22.8 Å². The molecule has 1 aromatic carbocycles. The summed E-state index contributed by atoms with van der Waals surface area (Å²) in [7, 11) is 0. The van der Waals surface area contributed by atoms with Gasteiger partial charge in [0.1, 0.15) is 5.58 Å². The minimum absolute atomic E-state index is 0.197. The zero-order valence-corrected chi connectivity index (χ0v) is 15.8. The van der Waals surface area contributed by atoms with Gasteiger partial charge < -0.3 is 14.1 Å². The zero-order chi connectivity index (χ0) is 18.1. The highest BCUT2D eigenvalue weighted by molar-refractivity contribution is 5.89. The molecule has 26 heavy (non-hydrogen) atoms. The highest BCUT2D eigenvalue weighted by Gasteiger charge is 2.25. The van der Waals surface area contributed by atoms with Gasteiger partial charge in [-0.25, -0.2) is 0 Å². The Labute approximate surface area is 154 Å². The van der Waals surface area contributed by atoms with Crippen molar-refractivity contribution in [3.05, 3.63) is 35.1 Å². The fourth-order valence-electron chi connectivity index (χ4n) is 4.06.